The van der Waals surface area contributed by atoms with Gasteiger partial charge in [-0.2, -0.15) is 0 Å². The van der Waals surface area contributed by atoms with Crippen molar-refractivity contribution in [1.29, 1.82) is 0 Å². The van der Waals surface area contributed by atoms with E-state index in [1.54, 1.807) is 0 Å². The van der Waals surface area contributed by atoms with Crippen LogP contribution in [0.3, 0.4) is 0 Å². The fourth-order valence-corrected chi connectivity index (χ4v) is 2.64. The van der Waals surface area contributed by atoms with Crippen LogP contribution in [0.15, 0.2) is 21.7 Å². The molecule has 10 nitrogen and oxygen atoms in total. The lowest BCUT2D eigenvalue weighted by molar-refractivity contribution is -0.124. The van der Waals surface area contributed by atoms with Gasteiger partial charge < -0.3 is 15.2 Å². The van der Waals surface area contributed by atoms with E-state index in [0.29, 0.717) is 0 Å². The topological polar surface area (TPSA) is 164 Å². The molecule has 0 unspecified atom stereocenters. The molecule has 1 aromatic heterocycles. The molecule has 6 N–H and O–H groups in total. The Labute approximate surface area is 141 Å². The van der Waals surface area contributed by atoms with Gasteiger partial charge in [-0.05, 0) is 24.4 Å². The van der Waals surface area contributed by atoms with Crippen molar-refractivity contribution < 1.29 is 24.6 Å². The maximum Gasteiger partial charge on any atom is 0.263 e. The molecule has 24 heavy (non-hydrogen) atoms. The van der Waals surface area contributed by atoms with E-state index in [9.17, 15) is 29.4 Å². The van der Waals surface area contributed by atoms with Gasteiger partial charge >= 0.3 is 0 Å². The van der Waals surface area contributed by atoms with Crippen molar-refractivity contribution in [3.8, 4) is 5.88 Å². The summed E-state index contributed by atoms with van der Waals surface area (Å²) in [5.74, 6) is -4.42. The molecule has 122 valence electrons. The van der Waals surface area contributed by atoms with Crippen LogP contribution < -0.4 is 16.2 Å². The molecule has 0 spiro atoms. The number of aliphatic hydroxyl groups is 1. The summed E-state index contributed by atoms with van der Waals surface area (Å²) in [5.41, 5.74) is -3.24. The first kappa shape index (κ1) is 15.8. The van der Waals surface area contributed by atoms with Gasteiger partial charge in [0.2, 0.25) is 11.7 Å². The van der Waals surface area contributed by atoms with Gasteiger partial charge in [-0.15, -0.1) is 0 Å². The van der Waals surface area contributed by atoms with Crippen molar-refractivity contribution in [2.45, 2.75) is 0 Å². The molecule has 1 aliphatic heterocycles. The molecule has 0 radical (unpaired) electrons. The summed E-state index contributed by atoms with van der Waals surface area (Å²) < 4.78 is -0.189. The maximum absolute atomic E-state index is 12.3. The van der Waals surface area contributed by atoms with Gasteiger partial charge in [-0.3, -0.25) is 34.8 Å². The first-order chi connectivity index (χ1) is 11.2. The lowest BCUT2D eigenvalue weighted by Gasteiger charge is -2.25. The molecule has 1 fully saturated rings. The van der Waals surface area contributed by atoms with Gasteiger partial charge in [0, 0.05) is 0 Å². The number of H-pyrrole nitrogens is 2. The Kier molecular flexibility index (Phi) is 3.42. The number of thiocarbonyl (C=S) groups is 1. The minimum atomic E-state index is -0.969. The number of hydrogen-bond donors (Lipinski definition) is 6. The van der Waals surface area contributed by atoms with Crippen LogP contribution in [-0.2, 0) is 14.4 Å². The molecule has 2 aliphatic rings. The summed E-state index contributed by atoms with van der Waals surface area (Å²) in [7, 11) is 0. The molecule has 2 heterocycles. The molecule has 0 atom stereocenters. The minimum Gasteiger partial charge on any atom is -0.506 e. The number of carbonyl (C=O) groups is 3. The molecule has 2 amide bonds. The predicted molar refractivity (Wildman–Crippen MR) is 84.4 cm³/mol. The number of aromatic hydroxyl groups is 1. The molecule has 0 bridgehead atoms. The fraction of sp³-hybridized carbons (Fsp3) is 0. The van der Waals surface area contributed by atoms with E-state index in [-0.39, 0.29) is 9.88 Å². The van der Waals surface area contributed by atoms with E-state index in [0.717, 1.165) is 0 Å². The summed E-state index contributed by atoms with van der Waals surface area (Å²) in [6.07, 6.45) is 0. The molecule has 0 aromatic carbocycles. The van der Waals surface area contributed by atoms with E-state index in [2.05, 4.69) is 45.0 Å². The molecule has 0 saturated carbocycles. The number of Topliss-reactive ketones (excluding diaryl/α,β-unsaturated/α-hetero) is 1. The average Bonchev–Trinajstić information content (AvgIpc) is 2.46. The SMILES string of the molecule is O=C1NC(=S)NC(=O)C1=C1C(=O)C(c2c(O)[nH]c(=S)[nH]c2=O)=C1O. The predicted octanol–water partition coefficient (Wildman–Crippen LogP) is -1.18. The Bertz CT molecular complexity index is 1020. The van der Waals surface area contributed by atoms with Crippen molar-refractivity contribution in [1.82, 2.24) is 20.6 Å². The minimum absolute atomic E-state index is 0.189. The van der Waals surface area contributed by atoms with Gasteiger partial charge in [0.25, 0.3) is 17.4 Å². The third-order valence-electron chi connectivity index (χ3n) is 3.26. The molecule has 1 aliphatic carbocycles. The van der Waals surface area contributed by atoms with Gasteiger partial charge in [-0.1, -0.05) is 0 Å². The first-order valence-electron chi connectivity index (χ1n) is 6.17. The van der Waals surface area contributed by atoms with Gasteiger partial charge in [0.05, 0.1) is 11.1 Å². The zero-order chi connectivity index (χ0) is 17.8. The molecular formula is C12H6N4O6S2. The number of aromatic nitrogens is 2. The van der Waals surface area contributed by atoms with Gasteiger partial charge in [-0.25, -0.2) is 0 Å². The Balaban J connectivity index is 2.21. The second kappa shape index (κ2) is 5.21. The second-order valence-electron chi connectivity index (χ2n) is 4.67. The molecular weight excluding hydrogens is 360 g/mol. The van der Waals surface area contributed by atoms with Crippen molar-refractivity contribution in [2.24, 2.45) is 0 Å². The van der Waals surface area contributed by atoms with Crippen LogP contribution in [0.25, 0.3) is 5.57 Å². The summed E-state index contributed by atoms with van der Waals surface area (Å²) in [6.45, 7) is 0. The average molecular weight is 366 g/mol. The number of rotatable bonds is 1. The summed E-state index contributed by atoms with van der Waals surface area (Å²) in [6, 6.07) is 0. The summed E-state index contributed by atoms with van der Waals surface area (Å²) >= 11 is 9.27. The van der Waals surface area contributed by atoms with Crippen LogP contribution >= 0.6 is 24.4 Å². The maximum atomic E-state index is 12.3. The van der Waals surface area contributed by atoms with Crippen LogP contribution in [0.4, 0.5) is 0 Å². The van der Waals surface area contributed by atoms with Crippen LogP contribution in [0.2, 0.25) is 0 Å². The highest BCUT2D eigenvalue weighted by Gasteiger charge is 2.44. The van der Waals surface area contributed by atoms with Crippen LogP contribution in [0.1, 0.15) is 5.56 Å². The molecule has 3 rings (SSSR count). The van der Waals surface area contributed by atoms with Crippen molar-refractivity contribution in [2.75, 3.05) is 0 Å². The molecule has 1 saturated heterocycles. The zero-order valence-corrected chi connectivity index (χ0v) is 13.0. The third-order valence-corrected chi connectivity index (χ3v) is 3.67. The molecule has 1 aromatic rings. The largest absolute Gasteiger partial charge is 0.506 e. The van der Waals surface area contributed by atoms with E-state index >= 15 is 0 Å². The second-order valence-corrected chi connectivity index (χ2v) is 5.49. The number of aliphatic hydroxyl groups excluding tert-OH is 1. The lowest BCUT2D eigenvalue weighted by atomic mass is 9.80. The Morgan fingerprint density at radius 3 is 1.88 bits per heavy atom. The molecule has 12 heteroatoms. The number of allylic oxidation sites excluding steroid dienone is 2. The monoisotopic (exact) mass is 366 g/mol. The standard InChI is InChI=1S/C12H6N4O6S2/c17-5-1(3-7(19)13-11(23)14-8(3)20)6(18)2(5)4-9(21)15-12(24)16-10(4)22/h17H,(H2,13,14,19,20,23)(H3,15,16,21,22,24). The Morgan fingerprint density at radius 2 is 1.38 bits per heavy atom. The number of carbonyl (C=O) groups excluding carboxylic acids is 3. The Hall–Kier alpha value is -3.12. The lowest BCUT2D eigenvalue weighted by Crippen LogP contribution is -2.52. The fourth-order valence-electron chi connectivity index (χ4n) is 2.27. The van der Waals surface area contributed by atoms with Crippen molar-refractivity contribution in [3.63, 3.8) is 0 Å². The number of aromatic amines is 2. The smallest absolute Gasteiger partial charge is 0.263 e. The van der Waals surface area contributed by atoms with Crippen LogP contribution in [-0.4, -0.2) is 42.9 Å². The highest BCUT2D eigenvalue weighted by molar-refractivity contribution is 7.80. The zero-order valence-electron chi connectivity index (χ0n) is 11.3. The number of ketones is 1. The van der Waals surface area contributed by atoms with Gasteiger partial charge in [0.1, 0.15) is 16.9 Å². The Morgan fingerprint density at radius 1 is 0.792 bits per heavy atom. The summed E-state index contributed by atoms with van der Waals surface area (Å²) in [4.78, 5) is 52.1. The highest BCUT2D eigenvalue weighted by Crippen LogP contribution is 2.39. The van der Waals surface area contributed by atoms with Crippen molar-refractivity contribution in [3.05, 3.63) is 37.6 Å². The number of hydrogen-bond acceptors (Lipinski definition) is 8. The highest BCUT2D eigenvalue weighted by atomic mass is 32.1. The number of amides is 2. The van der Waals surface area contributed by atoms with Crippen LogP contribution in [0, 0.1) is 4.77 Å². The van der Waals surface area contributed by atoms with E-state index in [4.69, 9.17) is 0 Å². The normalized spacial score (nSPS) is 17.7. The van der Waals surface area contributed by atoms with E-state index in [1.807, 2.05) is 0 Å². The quantitative estimate of drug-likeness (QED) is 0.205. The van der Waals surface area contributed by atoms with E-state index < -0.39 is 57.1 Å². The van der Waals surface area contributed by atoms with E-state index in [1.165, 1.54) is 0 Å². The van der Waals surface area contributed by atoms with Gasteiger partial charge in [0.15, 0.2) is 9.88 Å². The summed E-state index contributed by atoms with van der Waals surface area (Å²) in [5, 5.41) is 23.8. The third kappa shape index (κ3) is 2.16. The van der Waals surface area contributed by atoms with Crippen molar-refractivity contribution >= 4 is 52.7 Å². The van der Waals surface area contributed by atoms with Crippen LogP contribution in [0.5, 0.6) is 5.88 Å². The first-order valence-corrected chi connectivity index (χ1v) is 6.99. The number of nitrogens with one attached hydrogen (secondary N) is 4.